The number of hydrogen-bond acceptors (Lipinski definition) is 4. The van der Waals surface area contributed by atoms with Gasteiger partial charge in [0.15, 0.2) is 5.69 Å². The van der Waals surface area contributed by atoms with Crippen molar-refractivity contribution in [2.24, 2.45) is 0 Å². The Bertz CT molecular complexity index is 641. The van der Waals surface area contributed by atoms with E-state index in [-0.39, 0.29) is 17.6 Å². The van der Waals surface area contributed by atoms with Gasteiger partial charge in [-0.1, -0.05) is 17.7 Å². The molecule has 0 aliphatic heterocycles. The van der Waals surface area contributed by atoms with E-state index in [9.17, 15) is 4.79 Å². The van der Waals surface area contributed by atoms with Crippen LogP contribution in [-0.4, -0.2) is 22.1 Å². The molecule has 21 heavy (non-hydrogen) atoms. The van der Waals surface area contributed by atoms with Crippen LogP contribution >= 0.6 is 11.6 Å². The summed E-state index contributed by atoms with van der Waals surface area (Å²) in [5.74, 6) is 0.324. The van der Waals surface area contributed by atoms with Crippen molar-refractivity contribution in [3.63, 3.8) is 0 Å². The summed E-state index contributed by atoms with van der Waals surface area (Å²) in [6.07, 6.45) is 0. The van der Waals surface area contributed by atoms with E-state index in [2.05, 4.69) is 20.8 Å². The van der Waals surface area contributed by atoms with Crippen molar-refractivity contribution in [2.75, 3.05) is 10.6 Å². The molecule has 0 fully saturated rings. The highest BCUT2D eigenvalue weighted by Crippen LogP contribution is 2.20. The van der Waals surface area contributed by atoms with Gasteiger partial charge in [-0.15, -0.1) is 10.2 Å². The molecule has 0 aliphatic rings. The van der Waals surface area contributed by atoms with Gasteiger partial charge in [0, 0.05) is 16.8 Å². The van der Waals surface area contributed by atoms with Crippen LogP contribution in [0.2, 0.25) is 5.02 Å². The molecule has 1 heterocycles. The van der Waals surface area contributed by atoms with Crippen molar-refractivity contribution < 1.29 is 4.79 Å². The van der Waals surface area contributed by atoms with Crippen LogP contribution in [0.25, 0.3) is 0 Å². The first-order valence-electron chi connectivity index (χ1n) is 6.63. The number of amides is 1. The lowest BCUT2D eigenvalue weighted by Crippen LogP contribution is -2.16. The molecule has 0 saturated carbocycles. The van der Waals surface area contributed by atoms with Crippen LogP contribution in [0.1, 0.15) is 29.9 Å². The number of anilines is 2. The van der Waals surface area contributed by atoms with Crippen molar-refractivity contribution in [1.29, 1.82) is 0 Å². The predicted molar refractivity (Wildman–Crippen MR) is 84.9 cm³/mol. The molecule has 0 bridgehead atoms. The third-order valence-corrected chi connectivity index (χ3v) is 3.02. The lowest BCUT2D eigenvalue weighted by atomic mass is 10.2. The lowest BCUT2D eigenvalue weighted by Gasteiger charge is -2.10. The smallest absolute Gasteiger partial charge is 0.276 e. The molecule has 0 aliphatic carbocycles. The number of carbonyl (C=O) groups is 1. The molecule has 2 N–H and O–H groups in total. The molecule has 6 heteroatoms. The Labute approximate surface area is 128 Å². The molecule has 5 nitrogen and oxygen atoms in total. The summed E-state index contributed by atoms with van der Waals surface area (Å²) < 4.78 is 0. The third kappa shape index (κ3) is 4.16. The second-order valence-corrected chi connectivity index (χ2v) is 5.45. The van der Waals surface area contributed by atoms with Gasteiger partial charge in [0.1, 0.15) is 5.82 Å². The summed E-state index contributed by atoms with van der Waals surface area (Å²) in [4.78, 5) is 12.1. The zero-order chi connectivity index (χ0) is 15.4. The van der Waals surface area contributed by atoms with Crippen LogP contribution in [-0.2, 0) is 0 Å². The normalized spacial score (nSPS) is 10.5. The van der Waals surface area contributed by atoms with Crippen molar-refractivity contribution >= 4 is 29.0 Å². The summed E-state index contributed by atoms with van der Waals surface area (Å²) in [7, 11) is 0. The molecule has 1 aromatic heterocycles. The number of halogens is 1. The Hall–Kier alpha value is -2.14. The first kappa shape index (κ1) is 15.3. The fourth-order valence-electron chi connectivity index (χ4n) is 1.74. The Kier molecular flexibility index (Phi) is 4.75. The summed E-state index contributed by atoms with van der Waals surface area (Å²) >= 11 is 5.93. The topological polar surface area (TPSA) is 66.9 Å². The Morgan fingerprint density at radius 2 is 1.95 bits per heavy atom. The van der Waals surface area contributed by atoms with Crippen LogP contribution in [0.5, 0.6) is 0 Å². The third-order valence-electron chi connectivity index (χ3n) is 2.78. The highest BCUT2D eigenvalue weighted by molar-refractivity contribution is 6.31. The van der Waals surface area contributed by atoms with E-state index in [1.165, 1.54) is 0 Å². The number of aryl methyl sites for hydroxylation is 1. The van der Waals surface area contributed by atoms with Gasteiger partial charge in [0.2, 0.25) is 0 Å². The standard InChI is InChI=1S/C15H17ClN4O/c1-9(2)17-14-7-6-12(19-20-14)15(21)18-13-8-11(16)5-4-10(13)3/h4-9H,1-3H3,(H,17,20)(H,18,21). The number of benzene rings is 1. The van der Waals surface area contributed by atoms with Crippen molar-refractivity contribution in [1.82, 2.24) is 10.2 Å². The Morgan fingerprint density at radius 3 is 2.57 bits per heavy atom. The van der Waals surface area contributed by atoms with Gasteiger partial charge in [0.05, 0.1) is 0 Å². The van der Waals surface area contributed by atoms with Gasteiger partial charge in [-0.05, 0) is 50.6 Å². The number of hydrogen-bond donors (Lipinski definition) is 2. The van der Waals surface area contributed by atoms with E-state index in [0.717, 1.165) is 5.56 Å². The van der Waals surface area contributed by atoms with Crippen LogP contribution in [0, 0.1) is 6.92 Å². The maximum atomic E-state index is 12.1. The molecule has 2 rings (SSSR count). The minimum absolute atomic E-state index is 0.253. The van der Waals surface area contributed by atoms with Crippen molar-refractivity contribution in [3.05, 3.63) is 46.6 Å². The predicted octanol–water partition coefficient (Wildman–Crippen LogP) is 3.51. The van der Waals surface area contributed by atoms with Crippen molar-refractivity contribution in [2.45, 2.75) is 26.8 Å². The molecule has 0 saturated heterocycles. The zero-order valence-corrected chi connectivity index (χ0v) is 12.9. The molecular formula is C15H17ClN4O. The fraction of sp³-hybridized carbons (Fsp3) is 0.267. The van der Waals surface area contributed by atoms with E-state index in [0.29, 0.717) is 16.5 Å². The Morgan fingerprint density at radius 1 is 1.19 bits per heavy atom. The minimum atomic E-state index is -0.316. The molecule has 0 atom stereocenters. The molecule has 110 valence electrons. The second kappa shape index (κ2) is 6.54. The quantitative estimate of drug-likeness (QED) is 0.907. The number of nitrogens with zero attached hydrogens (tertiary/aromatic N) is 2. The summed E-state index contributed by atoms with van der Waals surface area (Å²) in [6.45, 7) is 5.90. The number of aromatic nitrogens is 2. The highest BCUT2D eigenvalue weighted by Gasteiger charge is 2.10. The van der Waals surface area contributed by atoms with Gasteiger partial charge in [-0.25, -0.2) is 0 Å². The average molecular weight is 305 g/mol. The summed E-state index contributed by atoms with van der Waals surface area (Å²) in [5, 5.41) is 14.4. The summed E-state index contributed by atoms with van der Waals surface area (Å²) in [6, 6.07) is 8.95. The van der Waals surface area contributed by atoms with Crippen LogP contribution in [0.15, 0.2) is 30.3 Å². The molecule has 0 spiro atoms. The lowest BCUT2D eigenvalue weighted by molar-refractivity contribution is 0.102. The molecule has 0 radical (unpaired) electrons. The van der Waals surface area contributed by atoms with E-state index in [1.807, 2.05) is 26.8 Å². The fourth-order valence-corrected chi connectivity index (χ4v) is 1.91. The highest BCUT2D eigenvalue weighted by atomic mass is 35.5. The first-order valence-corrected chi connectivity index (χ1v) is 7.01. The van der Waals surface area contributed by atoms with Crippen LogP contribution in [0.4, 0.5) is 11.5 Å². The van der Waals surface area contributed by atoms with E-state index >= 15 is 0 Å². The van der Waals surface area contributed by atoms with Gasteiger partial charge >= 0.3 is 0 Å². The van der Waals surface area contributed by atoms with Crippen LogP contribution in [0.3, 0.4) is 0 Å². The maximum absolute atomic E-state index is 12.1. The monoisotopic (exact) mass is 304 g/mol. The van der Waals surface area contributed by atoms with Gasteiger partial charge < -0.3 is 10.6 Å². The van der Waals surface area contributed by atoms with Gasteiger partial charge in [-0.2, -0.15) is 0 Å². The molecular weight excluding hydrogens is 288 g/mol. The average Bonchev–Trinajstić information content (AvgIpc) is 2.43. The largest absolute Gasteiger partial charge is 0.366 e. The maximum Gasteiger partial charge on any atom is 0.276 e. The minimum Gasteiger partial charge on any atom is -0.366 e. The second-order valence-electron chi connectivity index (χ2n) is 5.02. The number of rotatable bonds is 4. The van der Waals surface area contributed by atoms with Crippen molar-refractivity contribution in [3.8, 4) is 0 Å². The summed E-state index contributed by atoms with van der Waals surface area (Å²) in [5.41, 5.74) is 1.85. The first-order chi connectivity index (χ1) is 9.95. The van der Waals surface area contributed by atoms with E-state index in [4.69, 9.17) is 11.6 Å². The molecule has 1 aromatic carbocycles. The molecule has 2 aromatic rings. The van der Waals surface area contributed by atoms with Gasteiger partial charge in [-0.3, -0.25) is 4.79 Å². The van der Waals surface area contributed by atoms with E-state index < -0.39 is 0 Å². The Balaban J connectivity index is 2.11. The van der Waals surface area contributed by atoms with Gasteiger partial charge in [0.25, 0.3) is 5.91 Å². The number of carbonyl (C=O) groups excluding carboxylic acids is 1. The zero-order valence-electron chi connectivity index (χ0n) is 12.1. The van der Waals surface area contributed by atoms with Crippen LogP contribution < -0.4 is 10.6 Å². The SMILES string of the molecule is Cc1ccc(Cl)cc1NC(=O)c1ccc(NC(C)C)nn1. The number of nitrogens with one attached hydrogen (secondary N) is 2. The van der Waals surface area contributed by atoms with E-state index in [1.54, 1.807) is 24.3 Å². The molecule has 1 amide bonds. The molecule has 0 unspecified atom stereocenters.